The van der Waals surface area contributed by atoms with Crippen molar-refractivity contribution < 1.29 is 13.5 Å². The lowest BCUT2D eigenvalue weighted by Gasteiger charge is -2.09. The smallest absolute Gasteiger partial charge is 0.235 e. The fourth-order valence-corrected chi connectivity index (χ4v) is 2.12. The van der Waals surface area contributed by atoms with Crippen molar-refractivity contribution in [3.63, 3.8) is 0 Å². The summed E-state index contributed by atoms with van der Waals surface area (Å²) in [5.74, 6) is -2.08. The van der Waals surface area contributed by atoms with Gasteiger partial charge in [-0.25, -0.2) is 4.39 Å². The van der Waals surface area contributed by atoms with Crippen LogP contribution in [0.5, 0.6) is 11.6 Å². The van der Waals surface area contributed by atoms with Gasteiger partial charge < -0.3 is 10.1 Å². The molecular formula is C12H8BrF2N5O. The van der Waals surface area contributed by atoms with Gasteiger partial charge in [0.2, 0.25) is 17.6 Å². The molecule has 0 radical (unpaired) electrons. The van der Waals surface area contributed by atoms with Crippen LogP contribution in [0.15, 0.2) is 22.8 Å². The number of nitrogens with zero attached hydrogens (tertiary/aromatic N) is 3. The molecule has 6 nitrogen and oxygen atoms in total. The Labute approximate surface area is 125 Å². The average molecular weight is 356 g/mol. The van der Waals surface area contributed by atoms with E-state index in [0.29, 0.717) is 15.5 Å². The molecule has 0 unspecified atom stereocenters. The molecule has 1 aromatic carbocycles. The number of rotatable bonds is 3. The number of fused-ring (bicyclic) bond motifs is 1. The first-order chi connectivity index (χ1) is 10.1. The van der Waals surface area contributed by atoms with Gasteiger partial charge in [0, 0.05) is 11.5 Å². The van der Waals surface area contributed by atoms with Gasteiger partial charge in [-0.1, -0.05) is 15.9 Å². The van der Waals surface area contributed by atoms with Crippen LogP contribution in [0.1, 0.15) is 0 Å². The molecule has 21 heavy (non-hydrogen) atoms. The Kier molecular flexibility index (Phi) is 3.42. The summed E-state index contributed by atoms with van der Waals surface area (Å²) in [6.07, 6.45) is 1.44. The molecule has 0 atom stereocenters. The first-order valence-corrected chi connectivity index (χ1v) is 6.59. The SMILES string of the molecule is CNc1nc(Oc2cc(Br)cc(F)c2F)c2cn[nH]c2n1. The number of benzene rings is 1. The molecule has 3 aromatic rings. The third kappa shape index (κ3) is 2.51. The van der Waals surface area contributed by atoms with Crippen molar-refractivity contribution in [1.82, 2.24) is 20.2 Å². The molecule has 0 aliphatic rings. The maximum Gasteiger partial charge on any atom is 0.235 e. The molecule has 0 saturated carbocycles. The largest absolute Gasteiger partial charge is 0.435 e. The second-order valence-electron chi connectivity index (χ2n) is 4.04. The number of H-pyrrole nitrogens is 1. The average Bonchev–Trinajstić information content (AvgIpc) is 2.92. The van der Waals surface area contributed by atoms with Crippen molar-refractivity contribution in [1.29, 1.82) is 0 Å². The van der Waals surface area contributed by atoms with Crippen LogP contribution >= 0.6 is 15.9 Å². The Morgan fingerprint density at radius 2 is 2.10 bits per heavy atom. The standard InChI is InChI=1S/C12H8BrF2N5O/c1-16-12-18-10-6(4-17-20-10)11(19-12)21-8-3-5(13)2-7(14)9(8)15/h2-4H,1H3,(H2,16,17,18,19,20). The monoisotopic (exact) mass is 355 g/mol. The Morgan fingerprint density at radius 1 is 1.29 bits per heavy atom. The van der Waals surface area contributed by atoms with E-state index in [1.54, 1.807) is 7.05 Å². The van der Waals surface area contributed by atoms with E-state index < -0.39 is 11.6 Å². The molecule has 0 bridgehead atoms. The summed E-state index contributed by atoms with van der Waals surface area (Å²) in [5, 5.41) is 9.68. The molecule has 0 amide bonds. The van der Waals surface area contributed by atoms with E-state index in [2.05, 4.69) is 41.4 Å². The molecule has 0 aliphatic heterocycles. The van der Waals surface area contributed by atoms with Gasteiger partial charge in [-0.2, -0.15) is 19.5 Å². The Balaban J connectivity index is 2.11. The van der Waals surface area contributed by atoms with Crippen LogP contribution < -0.4 is 10.1 Å². The maximum atomic E-state index is 13.8. The summed E-state index contributed by atoms with van der Waals surface area (Å²) in [7, 11) is 1.63. The van der Waals surface area contributed by atoms with Crippen molar-refractivity contribution in [2.45, 2.75) is 0 Å². The third-order valence-corrected chi connectivity index (χ3v) is 3.12. The molecule has 2 N–H and O–H groups in total. The molecule has 0 fully saturated rings. The highest BCUT2D eigenvalue weighted by Crippen LogP contribution is 2.32. The molecule has 3 rings (SSSR count). The summed E-state index contributed by atoms with van der Waals surface area (Å²) >= 11 is 3.08. The van der Waals surface area contributed by atoms with Gasteiger partial charge in [0.15, 0.2) is 17.2 Å². The van der Waals surface area contributed by atoms with Crippen LogP contribution in [-0.2, 0) is 0 Å². The summed E-state index contributed by atoms with van der Waals surface area (Å²) in [5.41, 5.74) is 0.417. The van der Waals surface area contributed by atoms with E-state index in [1.165, 1.54) is 12.3 Å². The zero-order chi connectivity index (χ0) is 15.0. The topological polar surface area (TPSA) is 75.7 Å². The van der Waals surface area contributed by atoms with E-state index in [4.69, 9.17) is 4.74 Å². The predicted octanol–water partition coefficient (Wildman–Crippen LogP) is 3.23. The van der Waals surface area contributed by atoms with Gasteiger partial charge >= 0.3 is 0 Å². The number of hydrogen-bond acceptors (Lipinski definition) is 5. The third-order valence-electron chi connectivity index (χ3n) is 2.66. The minimum atomic E-state index is -1.10. The molecular weight excluding hydrogens is 348 g/mol. The van der Waals surface area contributed by atoms with E-state index in [9.17, 15) is 8.78 Å². The predicted molar refractivity (Wildman–Crippen MR) is 75.4 cm³/mol. The first kappa shape index (κ1) is 13.7. The van der Waals surface area contributed by atoms with Gasteiger partial charge in [0.1, 0.15) is 5.39 Å². The second-order valence-corrected chi connectivity index (χ2v) is 4.95. The summed E-state index contributed by atoms with van der Waals surface area (Å²) in [6.45, 7) is 0. The van der Waals surface area contributed by atoms with Crippen molar-refractivity contribution in [3.05, 3.63) is 34.4 Å². The lowest BCUT2D eigenvalue weighted by atomic mass is 10.3. The summed E-state index contributed by atoms with van der Waals surface area (Å²) in [4.78, 5) is 8.19. The van der Waals surface area contributed by atoms with Crippen molar-refractivity contribution in [3.8, 4) is 11.6 Å². The summed E-state index contributed by atoms with van der Waals surface area (Å²) in [6, 6.07) is 2.32. The van der Waals surface area contributed by atoms with Crippen molar-refractivity contribution in [2.75, 3.05) is 12.4 Å². The Bertz CT molecular complexity index is 823. The molecule has 0 spiro atoms. The van der Waals surface area contributed by atoms with Gasteiger partial charge in [0.05, 0.1) is 6.20 Å². The number of nitrogens with one attached hydrogen (secondary N) is 2. The molecule has 0 saturated heterocycles. The fraction of sp³-hybridized carbons (Fsp3) is 0.0833. The normalized spacial score (nSPS) is 10.9. The highest BCUT2D eigenvalue weighted by Gasteiger charge is 2.16. The first-order valence-electron chi connectivity index (χ1n) is 5.79. The number of aromatic amines is 1. The van der Waals surface area contributed by atoms with Gasteiger partial charge in [-0.15, -0.1) is 0 Å². The van der Waals surface area contributed by atoms with E-state index in [-0.39, 0.29) is 17.6 Å². The maximum absolute atomic E-state index is 13.8. The van der Waals surface area contributed by atoms with E-state index in [1.807, 2.05) is 0 Å². The van der Waals surface area contributed by atoms with Gasteiger partial charge in [-0.05, 0) is 12.1 Å². The fourth-order valence-electron chi connectivity index (χ4n) is 1.71. The molecule has 0 aliphatic carbocycles. The van der Waals surface area contributed by atoms with Crippen LogP contribution in [0.2, 0.25) is 0 Å². The zero-order valence-corrected chi connectivity index (χ0v) is 12.2. The quantitative estimate of drug-likeness (QED) is 0.705. The van der Waals surface area contributed by atoms with Gasteiger partial charge in [0.25, 0.3) is 0 Å². The van der Waals surface area contributed by atoms with Crippen molar-refractivity contribution in [2.24, 2.45) is 0 Å². The Hall–Kier alpha value is -2.29. The number of anilines is 1. The molecule has 108 valence electrons. The molecule has 2 heterocycles. The van der Waals surface area contributed by atoms with Crippen LogP contribution in [-0.4, -0.2) is 27.2 Å². The number of ether oxygens (including phenoxy) is 1. The van der Waals surface area contributed by atoms with Crippen LogP contribution in [0, 0.1) is 11.6 Å². The highest BCUT2D eigenvalue weighted by atomic mass is 79.9. The van der Waals surface area contributed by atoms with Crippen LogP contribution in [0.3, 0.4) is 0 Å². The number of halogens is 3. The minimum absolute atomic E-state index is 0.0644. The summed E-state index contributed by atoms with van der Waals surface area (Å²) < 4.78 is 32.9. The highest BCUT2D eigenvalue weighted by molar-refractivity contribution is 9.10. The van der Waals surface area contributed by atoms with E-state index in [0.717, 1.165) is 6.07 Å². The van der Waals surface area contributed by atoms with Crippen LogP contribution in [0.4, 0.5) is 14.7 Å². The second kappa shape index (κ2) is 5.24. The minimum Gasteiger partial charge on any atom is -0.435 e. The van der Waals surface area contributed by atoms with Crippen LogP contribution in [0.25, 0.3) is 11.0 Å². The lowest BCUT2D eigenvalue weighted by molar-refractivity contribution is 0.408. The zero-order valence-electron chi connectivity index (χ0n) is 10.6. The number of hydrogen-bond donors (Lipinski definition) is 2. The van der Waals surface area contributed by atoms with Crippen molar-refractivity contribution >= 4 is 32.9 Å². The Morgan fingerprint density at radius 3 is 2.86 bits per heavy atom. The number of aromatic nitrogens is 4. The lowest BCUT2D eigenvalue weighted by Crippen LogP contribution is -2.00. The van der Waals surface area contributed by atoms with Gasteiger partial charge in [-0.3, -0.25) is 5.10 Å². The molecule has 9 heteroatoms. The van der Waals surface area contributed by atoms with E-state index >= 15 is 0 Å². The molecule has 2 aromatic heterocycles.